The van der Waals surface area contributed by atoms with E-state index in [-0.39, 0.29) is 4.38 Å². The third-order valence-corrected chi connectivity index (χ3v) is 2.09. The summed E-state index contributed by atoms with van der Waals surface area (Å²) in [6, 6.07) is 0. The van der Waals surface area contributed by atoms with E-state index in [9.17, 15) is 0 Å². The smallest absolute Gasteiger partial charge is 0.214 e. The molecule has 1 N–H and O–H groups in total. The molecule has 0 saturated carbocycles. The Bertz CT molecular complexity index is 71.4. The van der Waals surface area contributed by atoms with Crippen molar-refractivity contribution >= 4 is 78.2 Å². The minimum Gasteiger partial charge on any atom is -0.494 e. The minimum atomic E-state index is -0.306. The van der Waals surface area contributed by atoms with Gasteiger partial charge in [0, 0.05) is 0 Å². The first-order chi connectivity index (χ1) is 4.00. The Morgan fingerprint density at radius 3 is 2.00 bits per heavy atom. The van der Waals surface area contributed by atoms with E-state index in [4.69, 9.17) is 5.11 Å². The second kappa shape index (κ2) is 9.88. The Labute approximate surface area is 102 Å². The fourth-order valence-electron chi connectivity index (χ4n) is 0. The van der Waals surface area contributed by atoms with E-state index in [0.29, 0.717) is 0 Å². The Morgan fingerprint density at radius 2 is 2.00 bits per heavy atom. The normalized spacial score (nSPS) is 11.2. The summed E-state index contributed by atoms with van der Waals surface area (Å²) in [6.45, 7) is 4.55. The fourth-order valence-corrected chi connectivity index (χ4v) is 0. The molecule has 0 radical (unpaired) electrons. The largest absolute Gasteiger partial charge is 0.494 e. The van der Waals surface area contributed by atoms with Gasteiger partial charge >= 0.3 is 69.2 Å². The molecule has 1 nitrogen and oxygen atoms in total. The van der Waals surface area contributed by atoms with Crippen LogP contribution in [0.25, 0.3) is 0 Å². The van der Waals surface area contributed by atoms with Crippen molar-refractivity contribution in [1.82, 2.24) is 0 Å². The van der Waals surface area contributed by atoms with Crippen molar-refractivity contribution in [2.45, 2.75) is 20.3 Å². The van der Waals surface area contributed by atoms with Crippen LogP contribution in [0.2, 0.25) is 0.0125 Å². The van der Waals surface area contributed by atoms with Crippen LogP contribution in [-0.4, -0.2) is 58.4 Å². The van der Waals surface area contributed by atoms with Crippen LogP contribution < -0.4 is 0 Å². The molecule has 0 rings (SSSR count). The van der Waals surface area contributed by atoms with Crippen LogP contribution in [-0.2, 0) is 0 Å². The predicted octanol–water partition coefficient (Wildman–Crippen LogP) is 2.13. The molecule has 0 aromatic rings. The van der Waals surface area contributed by atoms with E-state index >= 15 is 0 Å². The molecule has 0 aromatic heterocycles. The van der Waals surface area contributed by atoms with Crippen molar-refractivity contribution < 1.29 is 5.11 Å². The average Bonchev–Trinajstić information content (AvgIpc) is 1.65. The quantitative estimate of drug-likeness (QED) is 0.375. The van der Waals surface area contributed by atoms with Crippen LogP contribution in [0.15, 0.2) is 0 Å². The maximum absolute atomic E-state index is 7.65. The zero-order chi connectivity index (χ0) is 7.86. The summed E-state index contributed by atoms with van der Waals surface area (Å²) in [4.78, 5) is 0. The molecule has 0 aliphatic heterocycles. The molecule has 0 saturated heterocycles. The van der Waals surface area contributed by atoms with E-state index in [1.807, 2.05) is 0 Å². The second-order valence-electron chi connectivity index (χ2n) is 2.08. The van der Waals surface area contributed by atoms with Crippen LogP contribution in [0.4, 0.5) is 0 Å². The van der Waals surface area contributed by atoms with Gasteiger partial charge in [-0.05, 0) is 12.2 Å². The summed E-state index contributed by atoms with van der Waals surface area (Å²) < 4.78 is 0.766. The summed E-state index contributed by atoms with van der Waals surface area (Å²) in [6.07, 6.45) is 1.39. The van der Waals surface area contributed by atoms with Crippen molar-refractivity contribution in [1.29, 1.82) is 0 Å². The minimum absolute atomic E-state index is 0.306. The second-order valence-corrected chi connectivity index (χ2v) is 6.28. The molecule has 0 aromatic carbocycles. The molecular weight excluding hydrogens is 179 g/mol. The number of hydrogen-bond donors (Lipinski definition) is 2. The summed E-state index contributed by atoms with van der Waals surface area (Å²) in [5.41, 5.74) is 0. The van der Waals surface area contributed by atoms with Crippen molar-refractivity contribution in [2.24, 2.45) is 0 Å². The first-order valence-electron chi connectivity index (χ1n) is 2.92. The first-order valence-corrected chi connectivity index (χ1v) is 5.58. The number of hydrogen-bond acceptors (Lipinski definition) is 1. The molecule has 0 heterocycles. The number of thiol groups is 1. The number of aliphatic hydroxyl groups is 1. The zero-order valence-electron chi connectivity index (χ0n) is 6.09. The van der Waals surface area contributed by atoms with Crippen LogP contribution in [0.5, 0.6) is 0 Å². The Kier molecular flexibility index (Phi) is 14.8. The van der Waals surface area contributed by atoms with Crippen molar-refractivity contribution in [3.05, 3.63) is 0 Å². The molecule has 4 heteroatoms. The number of aliphatic hydroxyl groups excluding tert-OH is 1. The van der Waals surface area contributed by atoms with Crippen LogP contribution in [0.3, 0.4) is 0 Å². The van der Waals surface area contributed by atoms with Crippen molar-refractivity contribution in [3.8, 4) is 0 Å². The molecule has 0 bridgehead atoms. The van der Waals surface area contributed by atoms with Gasteiger partial charge in [0.15, 0.2) is 0 Å². The third-order valence-electron chi connectivity index (χ3n) is 0.816. The molecule has 0 fully saturated rings. The molecule has 0 aliphatic rings. The Hall–Kier alpha value is 1.88. The molecule has 0 spiro atoms. The monoisotopic (exact) mass is 190 g/mol. The standard InChI is InChI=1S/C4H9.CH2OS2.K/c1-3-4-2;2-1(3)4;/h3H,4H2,1-2H3;(H2,2,3,4);. The summed E-state index contributed by atoms with van der Waals surface area (Å²) in [5, 5.41) is 7.65. The van der Waals surface area contributed by atoms with Gasteiger partial charge in [0.2, 0.25) is 4.38 Å². The van der Waals surface area contributed by atoms with Gasteiger partial charge in [-0.25, -0.2) is 0 Å². The maximum Gasteiger partial charge on any atom is 0.214 e. The van der Waals surface area contributed by atoms with E-state index in [0.717, 1.165) is 49.0 Å². The van der Waals surface area contributed by atoms with Gasteiger partial charge in [0.1, 0.15) is 0 Å². The summed E-state index contributed by atoms with van der Waals surface area (Å²) >= 11 is 8.28. The molecule has 9 heavy (non-hydrogen) atoms. The average molecular weight is 190 g/mol. The molecule has 50 valence electrons. The SMILES string of the molecule is CC[CH](C)[K].OC(=S)S. The van der Waals surface area contributed by atoms with Crippen molar-refractivity contribution in [3.63, 3.8) is 0 Å². The van der Waals surface area contributed by atoms with E-state index < -0.39 is 0 Å². The molecular formula is C5H11KOS2. The third kappa shape index (κ3) is 40.8. The summed E-state index contributed by atoms with van der Waals surface area (Å²) in [7, 11) is 0. The molecule has 1 atom stereocenters. The summed E-state index contributed by atoms with van der Waals surface area (Å²) in [5.74, 6) is 0. The maximum atomic E-state index is 7.65. The van der Waals surface area contributed by atoms with E-state index in [2.05, 4.69) is 38.7 Å². The Balaban J connectivity index is 0. The number of thiocarbonyl (C=S) groups is 1. The van der Waals surface area contributed by atoms with Gasteiger partial charge in [-0.3, -0.25) is 0 Å². The van der Waals surface area contributed by atoms with Crippen LogP contribution in [0.1, 0.15) is 20.3 Å². The van der Waals surface area contributed by atoms with Crippen LogP contribution >= 0.6 is 24.8 Å². The van der Waals surface area contributed by atoms with Gasteiger partial charge in [0.25, 0.3) is 0 Å². The van der Waals surface area contributed by atoms with Gasteiger partial charge in [-0.1, -0.05) is 12.6 Å². The van der Waals surface area contributed by atoms with E-state index in [1.165, 1.54) is 6.42 Å². The molecule has 0 amide bonds. The van der Waals surface area contributed by atoms with Gasteiger partial charge in [0.05, 0.1) is 0 Å². The fraction of sp³-hybridized carbons (Fsp3) is 0.800. The zero-order valence-corrected chi connectivity index (χ0v) is 10.9. The first kappa shape index (κ1) is 13.5. The topological polar surface area (TPSA) is 20.2 Å². The van der Waals surface area contributed by atoms with Crippen molar-refractivity contribution in [2.75, 3.05) is 0 Å². The van der Waals surface area contributed by atoms with E-state index in [1.54, 1.807) is 0 Å². The number of rotatable bonds is 1. The molecule has 0 aliphatic carbocycles. The predicted molar refractivity (Wildman–Crippen MR) is 49.7 cm³/mol. The Morgan fingerprint density at radius 1 is 1.89 bits per heavy atom. The molecule has 1 unspecified atom stereocenters. The van der Waals surface area contributed by atoms with Gasteiger partial charge < -0.3 is 5.11 Å². The van der Waals surface area contributed by atoms with Crippen LogP contribution in [0, 0.1) is 0 Å². The van der Waals surface area contributed by atoms with Gasteiger partial charge in [-0.2, -0.15) is 0 Å². The van der Waals surface area contributed by atoms with Gasteiger partial charge in [-0.15, -0.1) is 0 Å².